The lowest BCUT2D eigenvalue weighted by Crippen LogP contribution is -2.39. The van der Waals surface area contributed by atoms with Crippen molar-refractivity contribution in [1.29, 1.82) is 5.26 Å². The highest BCUT2D eigenvalue weighted by Crippen LogP contribution is 2.27. The highest BCUT2D eigenvalue weighted by atomic mass is 16.3. The highest BCUT2D eigenvalue weighted by molar-refractivity contribution is 5.98. The fraction of sp³-hybridized carbons (Fsp3) is 0.240. The average molecular weight is 469 g/mol. The van der Waals surface area contributed by atoms with Crippen LogP contribution in [0.3, 0.4) is 0 Å². The van der Waals surface area contributed by atoms with Crippen LogP contribution in [0, 0.1) is 18.3 Å². The van der Waals surface area contributed by atoms with Crippen LogP contribution in [0.2, 0.25) is 0 Å². The van der Waals surface area contributed by atoms with Gasteiger partial charge in [-0.3, -0.25) is 4.79 Å². The van der Waals surface area contributed by atoms with Crippen LogP contribution >= 0.6 is 0 Å². The van der Waals surface area contributed by atoms with Crippen LogP contribution in [0.25, 0.3) is 11.1 Å². The molecule has 0 aliphatic carbocycles. The number of aryl methyl sites for hydroxylation is 1. The van der Waals surface area contributed by atoms with E-state index in [9.17, 15) is 4.79 Å². The molecule has 1 fully saturated rings. The molecular formula is C25H24N8O2. The van der Waals surface area contributed by atoms with Crippen molar-refractivity contribution in [3.05, 3.63) is 65.8 Å². The minimum absolute atomic E-state index is 0.160. The Bertz CT molecular complexity index is 1420. The molecule has 0 spiro atoms. The summed E-state index contributed by atoms with van der Waals surface area (Å²) in [7, 11) is 0. The zero-order valence-corrected chi connectivity index (χ0v) is 19.2. The van der Waals surface area contributed by atoms with Crippen LogP contribution in [0.1, 0.15) is 34.7 Å². The van der Waals surface area contributed by atoms with Gasteiger partial charge in [-0.1, -0.05) is 0 Å². The summed E-state index contributed by atoms with van der Waals surface area (Å²) in [6, 6.07) is 13.3. The molecule has 1 amide bonds. The maximum absolute atomic E-state index is 12.0. The third kappa shape index (κ3) is 4.84. The van der Waals surface area contributed by atoms with E-state index in [0.29, 0.717) is 28.5 Å². The average Bonchev–Trinajstić information content (AvgIpc) is 3.24. The first-order valence-electron chi connectivity index (χ1n) is 11.3. The number of hydrogen-bond donors (Lipinski definition) is 3. The fourth-order valence-corrected chi connectivity index (χ4v) is 4.22. The van der Waals surface area contributed by atoms with Gasteiger partial charge in [0, 0.05) is 50.2 Å². The van der Waals surface area contributed by atoms with Gasteiger partial charge in [0.05, 0.1) is 16.8 Å². The number of oxazole rings is 1. The molecule has 0 bridgehead atoms. The van der Waals surface area contributed by atoms with Gasteiger partial charge in [0.1, 0.15) is 23.2 Å². The number of carbonyl (C=O) groups excluding carboxylic acids is 1. The number of anilines is 4. The number of carbonyl (C=O) groups is 1. The summed E-state index contributed by atoms with van der Waals surface area (Å²) in [5.41, 5.74) is 9.41. The Balaban J connectivity index is 1.29. The van der Waals surface area contributed by atoms with E-state index in [1.807, 2.05) is 24.3 Å². The quantitative estimate of drug-likeness (QED) is 0.385. The smallest absolute Gasteiger partial charge is 0.252 e. The van der Waals surface area contributed by atoms with Gasteiger partial charge < -0.3 is 25.7 Å². The number of nitrogens with one attached hydrogen (secondary N) is 2. The topological polar surface area (TPSA) is 146 Å². The predicted molar refractivity (Wildman–Crippen MR) is 133 cm³/mol. The third-order valence-electron chi connectivity index (χ3n) is 5.99. The number of primary amides is 1. The number of aromatic nitrogens is 3. The van der Waals surface area contributed by atoms with Crippen molar-refractivity contribution >= 4 is 40.0 Å². The molecule has 1 aliphatic rings. The number of nitrogens with zero attached hydrogens (tertiary/aromatic N) is 5. The second kappa shape index (κ2) is 9.30. The number of fused-ring (bicyclic) bond motifs is 1. The van der Waals surface area contributed by atoms with E-state index in [-0.39, 0.29) is 6.04 Å². The molecule has 3 aromatic heterocycles. The number of nitrogens with two attached hydrogens (primary N) is 1. The highest BCUT2D eigenvalue weighted by Gasteiger charge is 2.22. The molecule has 0 atom stereocenters. The summed E-state index contributed by atoms with van der Waals surface area (Å²) in [5, 5.41) is 15.7. The molecule has 4 aromatic rings. The summed E-state index contributed by atoms with van der Waals surface area (Å²) in [6.45, 7) is 3.41. The Hall–Kier alpha value is -4.65. The normalized spacial score (nSPS) is 14.0. The summed E-state index contributed by atoms with van der Waals surface area (Å²) in [4.78, 5) is 27.3. The molecule has 0 unspecified atom stereocenters. The molecule has 0 radical (unpaired) electrons. The van der Waals surface area contributed by atoms with E-state index in [2.05, 4.69) is 36.6 Å². The lowest BCUT2D eigenvalue weighted by atomic mass is 10.0. The third-order valence-corrected chi connectivity index (χ3v) is 5.99. The van der Waals surface area contributed by atoms with Crippen LogP contribution in [0.4, 0.5) is 23.0 Å². The number of piperidine rings is 1. The van der Waals surface area contributed by atoms with Crippen LogP contribution in [-0.4, -0.2) is 40.0 Å². The molecule has 176 valence electrons. The minimum Gasteiger partial charge on any atom is -0.441 e. The van der Waals surface area contributed by atoms with Crippen molar-refractivity contribution in [2.75, 3.05) is 28.6 Å². The predicted octanol–water partition coefficient (Wildman–Crippen LogP) is 3.72. The van der Waals surface area contributed by atoms with Crippen LogP contribution in [0.5, 0.6) is 0 Å². The van der Waals surface area contributed by atoms with Gasteiger partial charge in [0.15, 0.2) is 11.5 Å². The number of amides is 1. The second-order valence-electron chi connectivity index (χ2n) is 8.44. The van der Waals surface area contributed by atoms with Gasteiger partial charge in [-0.2, -0.15) is 5.26 Å². The molecular weight excluding hydrogens is 444 g/mol. The van der Waals surface area contributed by atoms with Gasteiger partial charge in [0.2, 0.25) is 0 Å². The first-order valence-corrected chi connectivity index (χ1v) is 11.3. The van der Waals surface area contributed by atoms with Crippen LogP contribution in [0.15, 0.2) is 53.2 Å². The van der Waals surface area contributed by atoms with E-state index in [4.69, 9.17) is 15.4 Å². The Morgan fingerprint density at radius 2 is 2.00 bits per heavy atom. The van der Waals surface area contributed by atoms with E-state index in [1.54, 1.807) is 25.3 Å². The monoisotopic (exact) mass is 468 g/mol. The first kappa shape index (κ1) is 22.2. The van der Waals surface area contributed by atoms with E-state index >= 15 is 0 Å². The molecule has 1 aliphatic heterocycles. The van der Waals surface area contributed by atoms with Gasteiger partial charge in [-0.25, -0.2) is 15.0 Å². The number of hydrogen-bond acceptors (Lipinski definition) is 9. The summed E-state index contributed by atoms with van der Waals surface area (Å²) in [5.74, 6) is 1.50. The van der Waals surface area contributed by atoms with Crippen molar-refractivity contribution < 1.29 is 9.21 Å². The summed E-state index contributed by atoms with van der Waals surface area (Å²) < 4.78 is 5.53. The molecule has 35 heavy (non-hydrogen) atoms. The zero-order valence-electron chi connectivity index (χ0n) is 19.2. The largest absolute Gasteiger partial charge is 0.441 e. The van der Waals surface area contributed by atoms with Crippen LogP contribution in [-0.2, 0) is 0 Å². The lowest BCUT2D eigenvalue weighted by molar-refractivity contribution is 0.100. The molecule has 4 N–H and O–H groups in total. The fourth-order valence-electron chi connectivity index (χ4n) is 4.22. The Morgan fingerprint density at radius 3 is 2.71 bits per heavy atom. The Labute approximate surface area is 201 Å². The number of rotatable bonds is 6. The maximum atomic E-state index is 12.0. The molecule has 0 saturated carbocycles. The molecule has 1 aromatic carbocycles. The Morgan fingerprint density at radius 1 is 1.17 bits per heavy atom. The zero-order chi connectivity index (χ0) is 24.4. The number of pyridine rings is 2. The molecule has 10 nitrogen and oxygen atoms in total. The van der Waals surface area contributed by atoms with Gasteiger partial charge >= 0.3 is 0 Å². The molecule has 1 saturated heterocycles. The van der Waals surface area contributed by atoms with Crippen molar-refractivity contribution in [1.82, 2.24) is 15.0 Å². The SMILES string of the molecule is Cc1nc2cc(Nc3cc(NC4CCN(c5ccc(C#N)cn5)CC4)c(C(N)=O)cn3)ccc2o1. The van der Waals surface area contributed by atoms with Crippen molar-refractivity contribution in [3.63, 3.8) is 0 Å². The van der Waals surface area contributed by atoms with E-state index in [1.165, 1.54) is 6.20 Å². The summed E-state index contributed by atoms with van der Waals surface area (Å²) in [6.07, 6.45) is 4.79. The van der Waals surface area contributed by atoms with E-state index in [0.717, 1.165) is 48.5 Å². The van der Waals surface area contributed by atoms with E-state index < -0.39 is 5.91 Å². The standard InChI is InChI=1S/C25H24N8O2/c1-15-30-21-10-18(3-4-22(21)35-15)32-23-11-20(19(14-28-23)25(27)34)31-17-6-8-33(9-7-17)24-5-2-16(12-26)13-29-24/h2-5,10-11,13-14,17H,6-9H2,1H3,(H2,27,34)(H2,28,31,32). The lowest BCUT2D eigenvalue weighted by Gasteiger charge is -2.34. The van der Waals surface area contributed by atoms with Gasteiger partial charge in [-0.05, 0) is 43.2 Å². The maximum Gasteiger partial charge on any atom is 0.252 e. The molecule has 10 heteroatoms. The Kier molecular flexibility index (Phi) is 5.89. The number of nitriles is 1. The molecule has 4 heterocycles. The van der Waals surface area contributed by atoms with Gasteiger partial charge in [0.25, 0.3) is 5.91 Å². The van der Waals surface area contributed by atoms with Gasteiger partial charge in [-0.15, -0.1) is 0 Å². The van der Waals surface area contributed by atoms with Crippen molar-refractivity contribution in [2.45, 2.75) is 25.8 Å². The number of benzene rings is 1. The van der Waals surface area contributed by atoms with Crippen molar-refractivity contribution in [3.8, 4) is 6.07 Å². The van der Waals surface area contributed by atoms with Crippen LogP contribution < -0.4 is 21.3 Å². The molecule has 5 rings (SSSR count). The van der Waals surface area contributed by atoms with Crippen molar-refractivity contribution in [2.24, 2.45) is 5.73 Å². The first-order chi connectivity index (χ1) is 17.0. The minimum atomic E-state index is -0.537. The second-order valence-corrected chi connectivity index (χ2v) is 8.44. The summed E-state index contributed by atoms with van der Waals surface area (Å²) >= 11 is 0.